The standard InChI is InChI=1S/C25H22ClN3O3S2/c26-19-8-7-18-14-25(33-24(18)15-19)34(30,31)29-20-4-1-3-17(13-20)16-27-11-12-32-23-6-2-5-22-21(23)9-10-28-22/h1-10,13-15,27-29H,11-12,16H2. The first kappa shape index (κ1) is 22.7. The number of anilines is 1. The molecule has 0 atom stereocenters. The Morgan fingerprint density at radius 2 is 1.88 bits per heavy atom. The van der Waals surface area contributed by atoms with Crippen molar-refractivity contribution in [2.75, 3.05) is 17.9 Å². The van der Waals surface area contributed by atoms with E-state index >= 15 is 0 Å². The Balaban J connectivity index is 1.17. The fraction of sp³-hybridized carbons (Fsp3) is 0.120. The van der Waals surface area contributed by atoms with Crippen LogP contribution in [0.1, 0.15) is 5.56 Å². The van der Waals surface area contributed by atoms with Crippen molar-refractivity contribution in [2.24, 2.45) is 0 Å². The predicted octanol–water partition coefficient (Wildman–Crippen LogP) is 6.01. The highest BCUT2D eigenvalue weighted by Gasteiger charge is 2.18. The number of aromatic nitrogens is 1. The molecule has 0 unspecified atom stereocenters. The molecule has 5 rings (SSSR count). The monoisotopic (exact) mass is 511 g/mol. The lowest BCUT2D eigenvalue weighted by atomic mass is 10.2. The molecule has 0 fully saturated rings. The Hall–Kier alpha value is -3.04. The van der Waals surface area contributed by atoms with E-state index in [0.29, 0.717) is 30.4 Å². The number of hydrogen-bond donors (Lipinski definition) is 3. The Labute approximate surface area is 206 Å². The van der Waals surface area contributed by atoms with Crippen LogP contribution in [0.25, 0.3) is 21.0 Å². The summed E-state index contributed by atoms with van der Waals surface area (Å²) in [6.07, 6.45) is 1.90. The lowest BCUT2D eigenvalue weighted by Crippen LogP contribution is -2.20. The van der Waals surface area contributed by atoms with Gasteiger partial charge in [-0.15, -0.1) is 11.3 Å². The lowest BCUT2D eigenvalue weighted by Gasteiger charge is -2.10. The molecule has 0 saturated carbocycles. The molecule has 3 N–H and O–H groups in total. The number of H-pyrrole nitrogens is 1. The number of halogens is 1. The second kappa shape index (κ2) is 9.68. The zero-order valence-corrected chi connectivity index (χ0v) is 20.4. The van der Waals surface area contributed by atoms with Crippen molar-refractivity contribution in [1.82, 2.24) is 10.3 Å². The summed E-state index contributed by atoms with van der Waals surface area (Å²) in [6.45, 7) is 1.77. The number of hydrogen-bond acceptors (Lipinski definition) is 5. The molecule has 34 heavy (non-hydrogen) atoms. The molecule has 0 aliphatic carbocycles. The van der Waals surface area contributed by atoms with Gasteiger partial charge in [-0.25, -0.2) is 8.42 Å². The number of rotatable bonds is 9. The van der Waals surface area contributed by atoms with Crippen LogP contribution in [0, 0.1) is 0 Å². The molecule has 0 bridgehead atoms. The van der Waals surface area contributed by atoms with E-state index in [1.807, 2.05) is 54.7 Å². The van der Waals surface area contributed by atoms with E-state index in [-0.39, 0.29) is 4.21 Å². The van der Waals surface area contributed by atoms with E-state index in [9.17, 15) is 8.42 Å². The van der Waals surface area contributed by atoms with Gasteiger partial charge >= 0.3 is 0 Å². The summed E-state index contributed by atoms with van der Waals surface area (Å²) in [5, 5.41) is 5.83. The fourth-order valence-electron chi connectivity index (χ4n) is 3.71. The molecule has 174 valence electrons. The summed E-state index contributed by atoms with van der Waals surface area (Å²) < 4.78 is 35.5. The maximum atomic E-state index is 12.9. The van der Waals surface area contributed by atoms with Gasteiger partial charge in [-0.3, -0.25) is 4.72 Å². The van der Waals surface area contributed by atoms with Gasteiger partial charge in [0.2, 0.25) is 0 Å². The highest BCUT2D eigenvalue weighted by atomic mass is 35.5. The van der Waals surface area contributed by atoms with Crippen molar-refractivity contribution < 1.29 is 13.2 Å². The zero-order chi connectivity index (χ0) is 23.5. The molecule has 0 saturated heterocycles. The van der Waals surface area contributed by atoms with E-state index < -0.39 is 10.0 Å². The first-order chi connectivity index (χ1) is 16.5. The molecule has 0 radical (unpaired) electrons. The molecule has 0 aliphatic rings. The molecule has 2 aromatic heterocycles. The average Bonchev–Trinajstić information content (AvgIpc) is 3.46. The largest absolute Gasteiger partial charge is 0.492 e. The number of thiophene rings is 1. The van der Waals surface area contributed by atoms with Crippen molar-refractivity contribution in [2.45, 2.75) is 10.8 Å². The number of sulfonamides is 1. The van der Waals surface area contributed by atoms with E-state index in [2.05, 4.69) is 15.0 Å². The third-order valence-electron chi connectivity index (χ3n) is 5.32. The molecular formula is C25H22ClN3O3S2. The van der Waals surface area contributed by atoms with Crippen LogP contribution in [0.3, 0.4) is 0 Å². The van der Waals surface area contributed by atoms with Crippen molar-refractivity contribution in [3.63, 3.8) is 0 Å². The minimum absolute atomic E-state index is 0.253. The van der Waals surface area contributed by atoms with Gasteiger partial charge in [0.1, 0.15) is 16.6 Å². The molecule has 3 aromatic carbocycles. The van der Waals surface area contributed by atoms with Crippen LogP contribution in [-0.2, 0) is 16.6 Å². The Morgan fingerprint density at radius 3 is 2.79 bits per heavy atom. The quantitative estimate of drug-likeness (QED) is 0.212. The van der Waals surface area contributed by atoms with Gasteiger partial charge in [-0.05, 0) is 59.5 Å². The SMILES string of the molecule is O=S(=O)(Nc1cccc(CNCCOc2cccc3[nH]ccc23)c1)c1cc2ccc(Cl)cc2s1. The number of ether oxygens (including phenoxy) is 1. The van der Waals surface area contributed by atoms with Crippen LogP contribution in [0.5, 0.6) is 5.75 Å². The number of fused-ring (bicyclic) bond motifs is 2. The van der Waals surface area contributed by atoms with Crippen LogP contribution >= 0.6 is 22.9 Å². The molecular weight excluding hydrogens is 490 g/mol. The maximum Gasteiger partial charge on any atom is 0.271 e. The Bertz CT molecular complexity index is 1560. The third-order valence-corrected chi connectivity index (χ3v) is 8.51. The average molecular weight is 512 g/mol. The van der Waals surface area contributed by atoms with Gasteiger partial charge in [0.15, 0.2) is 0 Å². The van der Waals surface area contributed by atoms with Crippen LogP contribution < -0.4 is 14.8 Å². The van der Waals surface area contributed by atoms with Crippen LogP contribution in [0.4, 0.5) is 5.69 Å². The van der Waals surface area contributed by atoms with Gasteiger partial charge in [-0.2, -0.15) is 0 Å². The minimum atomic E-state index is -3.70. The minimum Gasteiger partial charge on any atom is -0.492 e. The molecule has 5 aromatic rings. The first-order valence-electron chi connectivity index (χ1n) is 10.7. The lowest BCUT2D eigenvalue weighted by molar-refractivity contribution is 0.317. The highest BCUT2D eigenvalue weighted by molar-refractivity contribution is 7.94. The van der Waals surface area contributed by atoms with E-state index in [1.54, 1.807) is 24.3 Å². The number of aromatic amines is 1. The summed E-state index contributed by atoms with van der Waals surface area (Å²) >= 11 is 7.22. The van der Waals surface area contributed by atoms with E-state index in [1.165, 1.54) is 11.3 Å². The summed E-state index contributed by atoms with van der Waals surface area (Å²) in [6, 6.07) is 22.3. The summed E-state index contributed by atoms with van der Waals surface area (Å²) in [5.74, 6) is 0.848. The Kier molecular flexibility index (Phi) is 6.47. The predicted molar refractivity (Wildman–Crippen MR) is 140 cm³/mol. The Morgan fingerprint density at radius 1 is 1.00 bits per heavy atom. The van der Waals surface area contributed by atoms with Crippen LogP contribution in [0.15, 0.2) is 83.2 Å². The second-order valence-electron chi connectivity index (χ2n) is 7.77. The molecule has 9 heteroatoms. The molecule has 2 heterocycles. The van der Waals surface area contributed by atoms with Crippen molar-refractivity contribution >= 4 is 59.6 Å². The summed E-state index contributed by atoms with van der Waals surface area (Å²) in [5.41, 5.74) is 2.53. The smallest absolute Gasteiger partial charge is 0.271 e. The second-order valence-corrected chi connectivity index (χ2v) is 11.2. The van der Waals surface area contributed by atoms with Gasteiger partial charge in [0.25, 0.3) is 10.0 Å². The summed E-state index contributed by atoms with van der Waals surface area (Å²) in [7, 11) is -3.70. The molecule has 0 aliphatic heterocycles. The van der Waals surface area contributed by atoms with Crippen LogP contribution in [-0.4, -0.2) is 26.6 Å². The van der Waals surface area contributed by atoms with E-state index in [0.717, 1.165) is 32.3 Å². The van der Waals surface area contributed by atoms with E-state index in [4.69, 9.17) is 16.3 Å². The fourth-order valence-corrected chi connectivity index (χ4v) is 6.43. The number of benzene rings is 3. The normalized spacial score (nSPS) is 11.8. The molecule has 0 amide bonds. The van der Waals surface area contributed by atoms with Gasteiger partial charge < -0.3 is 15.0 Å². The van der Waals surface area contributed by atoms with Gasteiger partial charge in [0.05, 0.1) is 0 Å². The highest BCUT2D eigenvalue weighted by Crippen LogP contribution is 2.32. The number of nitrogens with one attached hydrogen (secondary N) is 3. The maximum absolute atomic E-state index is 12.9. The third kappa shape index (κ3) is 5.05. The topological polar surface area (TPSA) is 83.2 Å². The van der Waals surface area contributed by atoms with Gasteiger partial charge in [-0.1, -0.05) is 35.9 Å². The molecule has 0 spiro atoms. The van der Waals surface area contributed by atoms with Gasteiger partial charge in [0, 0.05) is 45.6 Å². The zero-order valence-electron chi connectivity index (χ0n) is 18.0. The molecule has 6 nitrogen and oxygen atoms in total. The summed E-state index contributed by atoms with van der Waals surface area (Å²) in [4.78, 5) is 3.17. The van der Waals surface area contributed by atoms with Crippen LogP contribution in [0.2, 0.25) is 5.02 Å². The first-order valence-corrected chi connectivity index (χ1v) is 13.4. The van der Waals surface area contributed by atoms with Crippen molar-refractivity contribution in [3.05, 3.63) is 89.6 Å². The van der Waals surface area contributed by atoms with Crippen molar-refractivity contribution in [1.29, 1.82) is 0 Å². The van der Waals surface area contributed by atoms with Crippen molar-refractivity contribution in [3.8, 4) is 5.75 Å².